The fourth-order valence-electron chi connectivity index (χ4n) is 1.20. The standard InChI is InChI=1S/C9H9NS2/c1-11-5-7-6-12-9-4-10-3-2-8(7)9/h2-4,6H,5H2,1H3. The van der Waals surface area contributed by atoms with E-state index >= 15 is 0 Å². The van der Waals surface area contributed by atoms with E-state index in [9.17, 15) is 0 Å². The molecular formula is C9H9NS2. The van der Waals surface area contributed by atoms with E-state index in [1.165, 1.54) is 15.6 Å². The van der Waals surface area contributed by atoms with Gasteiger partial charge in [0.1, 0.15) is 0 Å². The summed E-state index contributed by atoms with van der Waals surface area (Å²) in [5.41, 5.74) is 1.44. The van der Waals surface area contributed by atoms with Gasteiger partial charge < -0.3 is 0 Å². The number of aromatic nitrogens is 1. The molecule has 0 aliphatic rings. The topological polar surface area (TPSA) is 12.9 Å². The van der Waals surface area contributed by atoms with E-state index in [4.69, 9.17) is 0 Å². The first-order chi connectivity index (χ1) is 5.92. The van der Waals surface area contributed by atoms with Gasteiger partial charge >= 0.3 is 0 Å². The van der Waals surface area contributed by atoms with Crippen molar-refractivity contribution in [1.29, 1.82) is 0 Å². The Morgan fingerprint density at radius 1 is 1.58 bits per heavy atom. The maximum absolute atomic E-state index is 4.09. The summed E-state index contributed by atoms with van der Waals surface area (Å²) < 4.78 is 1.29. The minimum Gasteiger partial charge on any atom is -0.263 e. The lowest BCUT2D eigenvalue weighted by atomic mass is 10.2. The first-order valence-electron chi connectivity index (χ1n) is 3.71. The molecular weight excluding hydrogens is 186 g/mol. The number of rotatable bonds is 2. The van der Waals surface area contributed by atoms with Crippen LogP contribution in [0.15, 0.2) is 23.8 Å². The fourth-order valence-corrected chi connectivity index (χ4v) is 2.79. The zero-order valence-corrected chi connectivity index (χ0v) is 8.41. The number of hydrogen-bond acceptors (Lipinski definition) is 3. The second-order valence-electron chi connectivity index (χ2n) is 2.57. The fraction of sp³-hybridized carbons (Fsp3) is 0.222. The lowest BCUT2D eigenvalue weighted by molar-refractivity contribution is 1.37. The van der Waals surface area contributed by atoms with Crippen molar-refractivity contribution in [2.24, 2.45) is 0 Å². The van der Waals surface area contributed by atoms with Crippen LogP contribution in [0.3, 0.4) is 0 Å². The molecule has 0 saturated carbocycles. The van der Waals surface area contributed by atoms with Crippen LogP contribution in [0.2, 0.25) is 0 Å². The number of nitrogens with zero attached hydrogens (tertiary/aromatic N) is 1. The summed E-state index contributed by atoms with van der Waals surface area (Å²) in [5.74, 6) is 1.10. The molecule has 0 saturated heterocycles. The summed E-state index contributed by atoms with van der Waals surface area (Å²) in [7, 11) is 0. The van der Waals surface area contributed by atoms with Gasteiger partial charge in [-0.3, -0.25) is 4.98 Å². The van der Waals surface area contributed by atoms with Crippen molar-refractivity contribution >= 4 is 33.2 Å². The molecule has 3 heteroatoms. The Hall–Kier alpha value is -0.540. The first kappa shape index (κ1) is 8.08. The van der Waals surface area contributed by atoms with E-state index < -0.39 is 0 Å². The van der Waals surface area contributed by atoms with Crippen molar-refractivity contribution in [2.45, 2.75) is 5.75 Å². The van der Waals surface area contributed by atoms with E-state index in [0.717, 1.165) is 5.75 Å². The third kappa shape index (κ3) is 1.34. The maximum atomic E-state index is 4.09. The normalized spacial score (nSPS) is 10.8. The van der Waals surface area contributed by atoms with Gasteiger partial charge in [0.05, 0.1) is 4.70 Å². The van der Waals surface area contributed by atoms with Crippen molar-refractivity contribution in [3.8, 4) is 0 Å². The molecule has 0 N–H and O–H groups in total. The van der Waals surface area contributed by atoms with Crippen molar-refractivity contribution in [2.75, 3.05) is 6.26 Å². The summed E-state index contributed by atoms with van der Waals surface area (Å²) in [6.07, 6.45) is 5.92. The zero-order valence-electron chi connectivity index (χ0n) is 6.78. The predicted molar refractivity (Wildman–Crippen MR) is 56.8 cm³/mol. The summed E-state index contributed by atoms with van der Waals surface area (Å²) in [6.45, 7) is 0. The highest BCUT2D eigenvalue weighted by molar-refractivity contribution is 7.97. The Labute approximate surface area is 79.8 Å². The van der Waals surface area contributed by atoms with Crippen LogP contribution in [0.25, 0.3) is 10.1 Å². The van der Waals surface area contributed by atoms with Crippen LogP contribution in [0.4, 0.5) is 0 Å². The molecule has 0 bridgehead atoms. The van der Waals surface area contributed by atoms with E-state index in [2.05, 4.69) is 22.7 Å². The SMILES string of the molecule is CSCc1csc2cnccc12. The van der Waals surface area contributed by atoms with Crippen molar-refractivity contribution in [3.05, 3.63) is 29.4 Å². The molecule has 0 spiro atoms. The average Bonchev–Trinajstić information content (AvgIpc) is 2.50. The molecule has 2 aromatic heterocycles. The van der Waals surface area contributed by atoms with Crippen LogP contribution >= 0.6 is 23.1 Å². The Morgan fingerprint density at radius 2 is 2.50 bits per heavy atom. The molecule has 0 aliphatic carbocycles. The highest BCUT2D eigenvalue weighted by Gasteiger charge is 2.01. The van der Waals surface area contributed by atoms with E-state index in [-0.39, 0.29) is 0 Å². The van der Waals surface area contributed by atoms with Crippen molar-refractivity contribution in [3.63, 3.8) is 0 Å². The van der Waals surface area contributed by atoms with Crippen LogP contribution in [-0.2, 0) is 5.75 Å². The van der Waals surface area contributed by atoms with Crippen LogP contribution in [0.5, 0.6) is 0 Å². The van der Waals surface area contributed by atoms with Crippen LogP contribution in [0.1, 0.15) is 5.56 Å². The molecule has 0 amide bonds. The highest BCUT2D eigenvalue weighted by Crippen LogP contribution is 2.26. The quantitative estimate of drug-likeness (QED) is 0.730. The molecule has 12 heavy (non-hydrogen) atoms. The molecule has 0 fully saturated rings. The summed E-state index contributed by atoms with van der Waals surface area (Å²) in [4.78, 5) is 4.09. The maximum Gasteiger partial charge on any atom is 0.0529 e. The Morgan fingerprint density at radius 3 is 3.33 bits per heavy atom. The van der Waals surface area contributed by atoms with Gasteiger partial charge in [-0.05, 0) is 28.7 Å². The monoisotopic (exact) mass is 195 g/mol. The summed E-state index contributed by atoms with van der Waals surface area (Å²) >= 11 is 3.64. The molecule has 0 radical (unpaired) electrons. The van der Waals surface area contributed by atoms with Gasteiger partial charge in [0, 0.05) is 18.1 Å². The van der Waals surface area contributed by atoms with Gasteiger partial charge in [-0.2, -0.15) is 11.8 Å². The van der Waals surface area contributed by atoms with Crippen LogP contribution in [0, 0.1) is 0 Å². The van der Waals surface area contributed by atoms with Gasteiger partial charge in [-0.25, -0.2) is 0 Å². The predicted octanol–water partition coefficient (Wildman–Crippen LogP) is 3.16. The van der Waals surface area contributed by atoms with Gasteiger partial charge in [0.15, 0.2) is 0 Å². The number of thioether (sulfide) groups is 1. The van der Waals surface area contributed by atoms with Crippen molar-refractivity contribution < 1.29 is 0 Å². The number of pyridine rings is 1. The van der Waals surface area contributed by atoms with Gasteiger partial charge in [-0.15, -0.1) is 11.3 Å². The zero-order chi connectivity index (χ0) is 8.39. The molecule has 1 nitrogen and oxygen atoms in total. The van der Waals surface area contributed by atoms with Crippen LogP contribution in [-0.4, -0.2) is 11.2 Å². The van der Waals surface area contributed by atoms with Gasteiger partial charge in [0.2, 0.25) is 0 Å². The number of hydrogen-bond donors (Lipinski definition) is 0. The number of fused-ring (bicyclic) bond motifs is 1. The molecule has 2 heterocycles. The molecule has 0 atom stereocenters. The molecule has 62 valence electrons. The lowest BCUT2D eigenvalue weighted by Gasteiger charge is -1.93. The second kappa shape index (κ2) is 3.46. The van der Waals surface area contributed by atoms with Gasteiger partial charge in [0.25, 0.3) is 0 Å². The highest BCUT2D eigenvalue weighted by atomic mass is 32.2. The van der Waals surface area contributed by atoms with E-state index in [1.807, 2.05) is 24.2 Å². The Kier molecular flexibility index (Phi) is 2.33. The van der Waals surface area contributed by atoms with Crippen molar-refractivity contribution in [1.82, 2.24) is 4.98 Å². The Bertz CT molecular complexity index is 381. The third-order valence-corrected chi connectivity index (χ3v) is 3.34. The molecule has 2 rings (SSSR count). The minimum absolute atomic E-state index is 1.10. The van der Waals surface area contributed by atoms with Gasteiger partial charge in [-0.1, -0.05) is 0 Å². The molecule has 0 aliphatic heterocycles. The summed E-state index contributed by atoms with van der Waals surface area (Å²) in [5, 5.41) is 3.59. The number of thiophene rings is 1. The second-order valence-corrected chi connectivity index (χ2v) is 4.34. The lowest BCUT2D eigenvalue weighted by Crippen LogP contribution is -1.75. The summed E-state index contributed by atoms with van der Waals surface area (Å²) in [6, 6.07) is 2.09. The van der Waals surface area contributed by atoms with Crippen LogP contribution < -0.4 is 0 Å². The van der Waals surface area contributed by atoms with E-state index in [1.54, 1.807) is 11.3 Å². The van der Waals surface area contributed by atoms with E-state index in [0.29, 0.717) is 0 Å². The minimum atomic E-state index is 1.10. The molecule has 0 unspecified atom stereocenters. The first-order valence-corrected chi connectivity index (χ1v) is 5.98. The third-order valence-electron chi connectivity index (χ3n) is 1.76. The molecule has 2 aromatic rings. The largest absolute Gasteiger partial charge is 0.263 e. The molecule has 0 aromatic carbocycles. The average molecular weight is 195 g/mol. The smallest absolute Gasteiger partial charge is 0.0529 e. The Balaban J connectivity index is 2.55.